The molecule has 0 aliphatic carbocycles. The summed E-state index contributed by atoms with van der Waals surface area (Å²) in [4.78, 5) is 0. The maximum atomic E-state index is 4.37. The molecular weight excluding hydrogens is 242 g/mol. The van der Waals surface area contributed by atoms with Crippen molar-refractivity contribution < 1.29 is 0 Å². The first-order valence-electron chi connectivity index (χ1n) is 4.88. The summed E-state index contributed by atoms with van der Waals surface area (Å²) in [6, 6.07) is 0. The van der Waals surface area contributed by atoms with Crippen LogP contribution in [0.3, 0.4) is 0 Å². The molecule has 14 heavy (non-hydrogen) atoms. The third-order valence-electron chi connectivity index (χ3n) is 2.36. The number of nitrogens with one attached hydrogen (secondary N) is 1. The summed E-state index contributed by atoms with van der Waals surface area (Å²) in [5.74, 6) is 0.631. The van der Waals surface area contributed by atoms with Crippen molar-refractivity contribution >= 4 is 15.9 Å². The van der Waals surface area contributed by atoms with Crippen LogP contribution in [-0.2, 0) is 13.5 Å². The van der Waals surface area contributed by atoms with Gasteiger partial charge in [-0.2, -0.15) is 5.10 Å². The lowest BCUT2D eigenvalue weighted by Gasteiger charge is -2.10. The molecule has 0 fully saturated rings. The number of halogens is 1. The lowest BCUT2D eigenvalue weighted by Crippen LogP contribution is -2.19. The maximum Gasteiger partial charge on any atom is 0.0738 e. The Morgan fingerprint density at radius 1 is 1.57 bits per heavy atom. The molecule has 0 aromatic carbocycles. The summed E-state index contributed by atoms with van der Waals surface area (Å²) in [6.07, 6.45) is 1.05. The molecule has 1 heterocycles. The molecule has 0 saturated heterocycles. The van der Waals surface area contributed by atoms with Gasteiger partial charge in [-0.15, -0.1) is 0 Å². The Morgan fingerprint density at radius 2 is 2.21 bits per heavy atom. The molecule has 0 bridgehead atoms. The predicted molar refractivity (Wildman–Crippen MR) is 62.4 cm³/mol. The van der Waals surface area contributed by atoms with E-state index in [9.17, 15) is 0 Å². The van der Waals surface area contributed by atoms with Crippen molar-refractivity contribution in [1.29, 1.82) is 0 Å². The number of hydrogen-bond acceptors (Lipinski definition) is 2. The molecule has 0 spiro atoms. The summed E-state index contributed by atoms with van der Waals surface area (Å²) in [5.41, 5.74) is 2.35. The second-order valence-corrected chi connectivity index (χ2v) is 4.63. The minimum absolute atomic E-state index is 0.631. The summed E-state index contributed by atoms with van der Waals surface area (Å²) in [7, 11) is 3.99. The summed E-state index contributed by atoms with van der Waals surface area (Å²) in [6.45, 7) is 5.30. The fourth-order valence-corrected chi connectivity index (χ4v) is 2.15. The quantitative estimate of drug-likeness (QED) is 0.896. The molecule has 1 atom stereocenters. The van der Waals surface area contributed by atoms with E-state index in [0.717, 1.165) is 23.1 Å². The summed E-state index contributed by atoms with van der Waals surface area (Å²) >= 11 is 3.58. The van der Waals surface area contributed by atoms with Gasteiger partial charge in [0.1, 0.15) is 0 Å². The van der Waals surface area contributed by atoms with Gasteiger partial charge in [-0.3, -0.25) is 4.68 Å². The molecule has 4 heteroatoms. The molecule has 80 valence electrons. The van der Waals surface area contributed by atoms with Crippen molar-refractivity contribution in [1.82, 2.24) is 15.1 Å². The van der Waals surface area contributed by atoms with Gasteiger partial charge in [0.05, 0.1) is 15.9 Å². The van der Waals surface area contributed by atoms with Crippen LogP contribution in [0.2, 0.25) is 0 Å². The predicted octanol–water partition coefficient (Wildman–Crippen LogP) is 1.89. The molecule has 0 amide bonds. The number of nitrogens with zero attached hydrogens (tertiary/aromatic N) is 2. The van der Waals surface area contributed by atoms with Gasteiger partial charge in [-0.05, 0) is 48.8 Å². The van der Waals surface area contributed by atoms with Crippen LogP contribution < -0.4 is 5.32 Å². The van der Waals surface area contributed by atoms with Crippen molar-refractivity contribution in [3.8, 4) is 0 Å². The van der Waals surface area contributed by atoms with Crippen LogP contribution in [0.5, 0.6) is 0 Å². The zero-order chi connectivity index (χ0) is 10.7. The highest BCUT2D eigenvalue weighted by atomic mass is 79.9. The Kier molecular flexibility index (Phi) is 4.13. The smallest absolute Gasteiger partial charge is 0.0738 e. The fourth-order valence-electron chi connectivity index (χ4n) is 1.65. The highest BCUT2D eigenvalue weighted by Crippen LogP contribution is 2.22. The Balaban J connectivity index is 2.75. The van der Waals surface area contributed by atoms with Crippen LogP contribution in [0, 0.1) is 12.8 Å². The van der Waals surface area contributed by atoms with E-state index in [1.165, 1.54) is 5.69 Å². The Bertz CT molecular complexity index is 307. The number of rotatable bonds is 4. The van der Waals surface area contributed by atoms with Crippen molar-refractivity contribution in [2.45, 2.75) is 20.3 Å². The molecule has 1 rings (SSSR count). The lowest BCUT2D eigenvalue weighted by atomic mass is 10.1. The van der Waals surface area contributed by atoms with Crippen LogP contribution >= 0.6 is 15.9 Å². The second-order valence-electron chi connectivity index (χ2n) is 3.84. The van der Waals surface area contributed by atoms with Gasteiger partial charge >= 0.3 is 0 Å². The van der Waals surface area contributed by atoms with E-state index in [1.54, 1.807) is 0 Å². The zero-order valence-electron chi connectivity index (χ0n) is 9.26. The molecule has 0 aliphatic rings. The average Bonchev–Trinajstić information content (AvgIpc) is 2.33. The molecule has 1 aromatic rings. The van der Waals surface area contributed by atoms with E-state index < -0.39 is 0 Å². The monoisotopic (exact) mass is 259 g/mol. The van der Waals surface area contributed by atoms with Gasteiger partial charge in [-0.25, -0.2) is 0 Å². The Labute approximate surface area is 94.0 Å². The second kappa shape index (κ2) is 4.94. The normalized spacial score (nSPS) is 13.2. The zero-order valence-corrected chi connectivity index (χ0v) is 10.8. The number of aryl methyl sites for hydroxylation is 2. The topological polar surface area (TPSA) is 29.9 Å². The minimum Gasteiger partial charge on any atom is -0.319 e. The summed E-state index contributed by atoms with van der Waals surface area (Å²) in [5, 5.41) is 7.56. The van der Waals surface area contributed by atoms with Crippen LogP contribution in [-0.4, -0.2) is 23.4 Å². The van der Waals surface area contributed by atoms with E-state index >= 15 is 0 Å². The van der Waals surface area contributed by atoms with E-state index in [4.69, 9.17) is 0 Å². The maximum absolute atomic E-state index is 4.37. The van der Waals surface area contributed by atoms with Crippen molar-refractivity contribution in [2.75, 3.05) is 13.6 Å². The lowest BCUT2D eigenvalue weighted by molar-refractivity contribution is 0.519. The van der Waals surface area contributed by atoms with Gasteiger partial charge in [0.25, 0.3) is 0 Å². The molecule has 1 N–H and O–H groups in total. The summed E-state index contributed by atoms with van der Waals surface area (Å²) < 4.78 is 3.12. The largest absolute Gasteiger partial charge is 0.319 e. The van der Waals surface area contributed by atoms with E-state index in [-0.39, 0.29) is 0 Å². The highest BCUT2D eigenvalue weighted by molar-refractivity contribution is 9.10. The van der Waals surface area contributed by atoms with Gasteiger partial charge in [-0.1, -0.05) is 6.92 Å². The molecule has 0 aliphatic heterocycles. The first-order valence-corrected chi connectivity index (χ1v) is 5.68. The standard InChI is InChI=1S/C10H18BrN3/c1-7(6-12-3)5-9-10(11)8(2)13-14(9)4/h7,12H,5-6H2,1-4H3. The van der Waals surface area contributed by atoms with E-state index in [2.05, 4.69) is 33.3 Å². The first kappa shape index (κ1) is 11.7. The first-order chi connectivity index (χ1) is 6.56. The number of hydrogen-bond donors (Lipinski definition) is 1. The van der Waals surface area contributed by atoms with Gasteiger partial charge in [0.2, 0.25) is 0 Å². The Hall–Kier alpha value is -0.350. The van der Waals surface area contributed by atoms with E-state index in [0.29, 0.717) is 5.92 Å². The van der Waals surface area contributed by atoms with Crippen LogP contribution in [0.4, 0.5) is 0 Å². The van der Waals surface area contributed by atoms with Crippen molar-refractivity contribution in [2.24, 2.45) is 13.0 Å². The Morgan fingerprint density at radius 3 is 2.64 bits per heavy atom. The van der Waals surface area contributed by atoms with Gasteiger partial charge in [0, 0.05) is 7.05 Å². The van der Waals surface area contributed by atoms with Crippen molar-refractivity contribution in [3.05, 3.63) is 15.9 Å². The third kappa shape index (κ3) is 2.58. The molecule has 1 aromatic heterocycles. The molecule has 0 saturated carbocycles. The fraction of sp³-hybridized carbons (Fsp3) is 0.700. The molecule has 0 radical (unpaired) electrons. The highest BCUT2D eigenvalue weighted by Gasteiger charge is 2.13. The van der Waals surface area contributed by atoms with Gasteiger partial charge in [0.15, 0.2) is 0 Å². The van der Waals surface area contributed by atoms with Crippen molar-refractivity contribution in [3.63, 3.8) is 0 Å². The van der Waals surface area contributed by atoms with Gasteiger partial charge < -0.3 is 5.32 Å². The number of aromatic nitrogens is 2. The SMILES string of the molecule is CNCC(C)Cc1c(Br)c(C)nn1C. The van der Waals surface area contributed by atoms with Crippen LogP contribution in [0.1, 0.15) is 18.3 Å². The average molecular weight is 260 g/mol. The van der Waals surface area contributed by atoms with E-state index in [1.807, 2.05) is 25.7 Å². The van der Waals surface area contributed by atoms with Crippen LogP contribution in [0.25, 0.3) is 0 Å². The van der Waals surface area contributed by atoms with Crippen LogP contribution in [0.15, 0.2) is 4.47 Å². The minimum atomic E-state index is 0.631. The molecular formula is C10H18BrN3. The molecule has 1 unspecified atom stereocenters. The third-order valence-corrected chi connectivity index (χ3v) is 3.39. The molecule has 3 nitrogen and oxygen atoms in total.